The van der Waals surface area contributed by atoms with Crippen molar-refractivity contribution in [1.29, 1.82) is 5.26 Å². The van der Waals surface area contributed by atoms with Crippen LogP contribution in [0.3, 0.4) is 0 Å². The van der Waals surface area contributed by atoms with Crippen molar-refractivity contribution >= 4 is 0 Å². The van der Waals surface area contributed by atoms with Crippen molar-refractivity contribution in [1.82, 2.24) is 4.90 Å². The Morgan fingerprint density at radius 1 is 1.38 bits per heavy atom. The number of hydrogen-bond donors (Lipinski definition) is 0. The van der Waals surface area contributed by atoms with Gasteiger partial charge in [-0.25, -0.2) is 0 Å². The zero-order valence-electron chi connectivity index (χ0n) is 10.1. The molecule has 0 saturated carbocycles. The molecule has 0 fully saturated rings. The minimum absolute atomic E-state index is 0.509. The molecule has 0 spiro atoms. The molecule has 86 valence electrons. The van der Waals surface area contributed by atoms with E-state index in [2.05, 4.69) is 31.9 Å². The summed E-state index contributed by atoms with van der Waals surface area (Å²) in [6, 6.07) is 9.94. The third-order valence-electron chi connectivity index (χ3n) is 2.59. The van der Waals surface area contributed by atoms with Gasteiger partial charge < -0.3 is 9.64 Å². The monoisotopic (exact) mass is 218 g/mol. The fourth-order valence-corrected chi connectivity index (χ4v) is 1.24. The molecular formula is C13H18N2O. The van der Waals surface area contributed by atoms with Crippen molar-refractivity contribution in [3.05, 3.63) is 29.8 Å². The molecule has 0 aliphatic heterocycles. The predicted octanol–water partition coefficient (Wildman–Crippen LogP) is 2.28. The number of nitriles is 1. The minimum Gasteiger partial charge on any atom is -0.491 e. The standard InChI is InChI=1S/C13H18N2O/c1-11(2)15(3)8-9-16-13-7-5-4-6-12(13)10-14/h4-7,11H,8-9H2,1-3H3. The quantitative estimate of drug-likeness (QED) is 0.760. The molecule has 0 aliphatic carbocycles. The van der Waals surface area contributed by atoms with Crippen molar-refractivity contribution in [2.24, 2.45) is 0 Å². The molecule has 0 atom stereocenters. The van der Waals surface area contributed by atoms with E-state index in [-0.39, 0.29) is 0 Å². The second-order valence-electron chi connectivity index (χ2n) is 4.03. The molecule has 16 heavy (non-hydrogen) atoms. The first-order chi connectivity index (χ1) is 7.65. The molecule has 3 nitrogen and oxygen atoms in total. The van der Waals surface area contributed by atoms with Crippen molar-refractivity contribution in [3.8, 4) is 11.8 Å². The summed E-state index contributed by atoms with van der Waals surface area (Å²) in [5.41, 5.74) is 0.592. The fraction of sp³-hybridized carbons (Fsp3) is 0.462. The van der Waals surface area contributed by atoms with Gasteiger partial charge in [0.15, 0.2) is 0 Å². The van der Waals surface area contributed by atoms with Crippen LogP contribution in [0.1, 0.15) is 19.4 Å². The summed E-state index contributed by atoms with van der Waals surface area (Å²) in [6.07, 6.45) is 0. The van der Waals surface area contributed by atoms with Gasteiger partial charge in [-0.2, -0.15) is 5.26 Å². The number of para-hydroxylation sites is 1. The van der Waals surface area contributed by atoms with Crippen LogP contribution in [0.25, 0.3) is 0 Å². The van der Waals surface area contributed by atoms with Gasteiger partial charge in [0.1, 0.15) is 18.4 Å². The van der Waals surface area contributed by atoms with Crippen LogP contribution in [-0.2, 0) is 0 Å². The molecule has 3 heteroatoms. The van der Waals surface area contributed by atoms with Crippen LogP contribution in [-0.4, -0.2) is 31.1 Å². The molecule has 0 saturated heterocycles. The Labute approximate surface area is 97.3 Å². The maximum absolute atomic E-state index is 8.87. The number of likely N-dealkylation sites (N-methyl/N-ethyl adjacent to an activating group) is 1. The topological polar surface area (TPSA) is 36.3 Å². The van der Waals surface area contributed by atoms with E-state index in [1.165, 1.54) is 0 Å². The molecule has 1 aromatic carbocycles. The highest BCUT2D eigenvalue weighted by molar-refractivity contribution is 5.42. The van der Waals surface area contributed by atoms with Crippen LogP contribution in [0.2, 0.25) is 0 Å². The molecule has 0 aromatic heterocycles. The lowest BCUT2D eigenvalue weighted by Gasteiger charge is -2.20. The molecule has 0 aliphatic rings. The van der Waals surface area contributed by atoms with Gasteiger partial charge in [-0.1, -0.05) is 12.1 Å². The van der Waals surface area contributed by atoms with Gasteiger partial charge in [-0.3, -0.25) is 0 Å². The summed E-state index contributed by atoms with van der Waals surface area (Å²) in [5, 5.41) is 8.87. The van der Waals surface area contributed by atoms with Gasteiger partial charge >= 0.3 is 0 Å². The largest absolute Gasteiger partial charge is 0.491 e. The Kier molecular flexibility index (Phi) is 4.81. The van der Waals surface area contributed by atoms with E-state index in [0.717, 1.165) is 6.54 Å². The lowest BCUT2D eigenvalue weighted by Crippen LogP contribution is -2.30. The molecule has 0 radical (unpaired) electrons. The number of rotatable bonds is 5. The number of hydrogen-bond acceptors (Lipinski definition) is 3. The molecule has 0 heterocycles. The zero-order chi connectivity index (χ0) is 12.0. The zero-order valence-corrected chi connectivity index (χ0v) is 10.1. The third-order valence-corrected chi connectivity index (χ3v) is 2.59. The third kappa shape index (κ3) is 3.56. The van der Waals surface area contributed by atoms with Gasteiger partial charge in [-0.15, -0.1) is 0 Å². The van der Waals surface area contributed by atoms with Crippen molar-refractivity contribution in [2.75, 3.05) is 20.2 Å². The second kappa shape index (κ2) is 6.14. The van der Waals surface area contributed by atoms with E-state index in [0.29, 0.717) is 24.0 Å². The van der Waals surface area contributed by atoms with E-state index in [1.54, 1.807) is 6.07 Å². The first kappa shape index (κ1) is 12.5. The number of ether oxygens (including phenoxy) is 1. The summed E-state index contributed by atoms with van der Waals surface area (Å²) in [7, 11) is 2.06. The summed E-state index contributed by atoms with van der Waals surface area (Å²) in [5.74, 6) is 0.669. The highest BCUT2D eigenvalue weighted by Crippen LogP contribution is 2.16. The second-order valence-corrected chi connectivity index (χ2v) is 4.03. The Hall–Kier alpha value is -1.53. The lowest BCUT2D eigenvalue weighted by atomic mass is 10.2. The molecular weight excluding hydrogens is 200 g/mol. The van der Waals surface area contributed by atoms with E-state index >= 15 is 0 Å². The number of benzene rings is 1. The average molecular weight is 218 g/mol. The van der Waals surface area contributed by atoms with Gasteiger partial charge in [-0.05, 0) is 33.0 Å². The Morgan fingerprint density at radius 3 is 2.69 bits per heavy atom. The molecule has 0 N–H and O–H groups in total. The maximum atomic E-state index is 8.87. The summed E-state index contributed by atoms with van der Waals surface area (Å²) >= 11 is 0. The summed E-state index contributed by atoms with van der Waals surface area (Å²) in [4.78, 5) is 2.20. The van der Waals surface area contributed by atoms with Crippen LogP contribution in [0, 0.1) is 11.3 Å². The van der Waals surface area contributed by atoms with Crippen molar-refractivity contribution < 1.29 is 4.74 Å². The maximum Gasteiger partial charge on any atom is 0.137 e. The van der Waals surface area contributed by atoms with Gasteiger partial charge in [0.05, 0.1) is 5.56 Å². The van der Waals surface area contributed by atoms with E-state index < -0.39 is 0 Å². The smallest absolute Gasteiger partial charge is 0.137 e. The van der Waals surface area contributed by atoms with Crippen LogP contribution >= 0.6 is 0 Å². The molecule has 0 amide bonds. The van der Waals surface area contributed by atoms with E-state index in [4.69, 9.17) is 10.00 Å². The highest BCUT2D eigenvalue weighted by Gasteiger charge is 2.04. The van der Waals surface area contributed by atoms with Gasteiger partial charge in [0.25, 0.3) is 0 Å². The molecule has 1 aromatic rings. The first-order valence-electron chi connectivity index (χ1n) is 5.47. The van der Waals surface area contributed by atoms with Crippen molar-refractivity contribution in [3.63, 3.8) is 0 Å². The van der Waals surface area contributed by atoms with Crippen LogP contribution in [0.5, 0.6) is 5.75 Å². The molecule has 0 bridgehead atoms. The van der Waals surface area contributed by atoms with Crippen LogP contribution in [0.15, 0.2) is 24.3 Å². The van der Waals surface area contributed by atoms with Crippen molar-refractivity contribution in [2.45, 2.75) is 19.9 Å². The lowest BCUT2D eigenvalue weighted by molar-refractivity contribution is 0.208. The van der Waals surface area contributed by atoms with Crippen LogP contribution < -0.4 is 4.74 Å². The van der Waals surface area contributed by atoms with E-state index in [1.807, 2.05) is 18.2 Å². The average Bonchev–Trinajstić information content (AvgIpc) is 2.29. The minimum atomic E-state index is 0.509. The first-order valence-corrected chi connectivity index (χ1v) is 5.47. The normalized spacial score (nSPS) is 10.5. The van der Waals surface area contributed by atoms with Gasteiger partial charge in [0.2, 0.25) is 0 Å². The Morgan fingerprint density at radius 2 is 2.06 bits per heavy atom. The van der Waals surface area contributed by atoms with Gasteiger partial charge in [0, 0.05) is 12.6 Å². The number of nitrogens with zero attached hydrogens (tertiary/aromatic N) is 2. The highest BCUT2D eigenvalue weighted by atomic mass is 16.5. The summed E-state index contributed by atoms with van der Waals surface area (Å²) < 4.78 is 5.58. The van der Waals surface area contributed by atoms with Crippen LogP contribution in [0.4, 0.5) is 0 Å². The predicted molar refractivity (Wildman–Crippen MR) is 64.4 cm³/mol. The summed E-state index contributed by atoms with van der Waals surface area (Å²) in [6.45, 7) is 5.75. The fourth-order valence-electron chi connectivity index (χ4n) is 1.24. The molecule has 1 rings (SSSR count). The Bertz CT molecular complexity index is 368. The van der Waals surface area contributed by atoms with E-state index in [9.17, 15) is 0 Å². The SMILES string of the molecule is CC(C)N(C)CCOc1ccccc1C#N. The molecule has 0 unspecified atom stereocenters. The Balaban J connectivity index is 2.46.